The Balaban J connectivity index is 1.32. The van der Waals surface area contributed by atoms with Gasteiger partial charge in [-0.3, -0.25) is 14.4 Å². The monoisotopic (exact) mass is 426 g/mol. The zero-order chi connectivity index (χ0) is 22.0. The lowest BCUT2D eigenvalue weighted by molar-refractivity contribution is -0.180. The van der Waals surface area contributed by atoms with Crippen LogP contribution in [-0.2, 0) is 19.1 Å². The molecule has 3 heterocycles. The number of esters is 1. The summed E-state index contributed by atoms with van der Waals surface area (Å²) in [7, 11) is 0. The van der Waals surface area contributed by atoms with E-state index in [0.29, 0.717) is 31.6 Å². The topological polar surface area (TPSA) is 93.7 Å². The first-order chi connectivity index (χ1) is 14.6. The van der Waals surface area contributed by atoms with Gasteiger partial charge in [0.1, 0.15) is 11.9 Å². The van der Waals surface area contributed by atoms with Gasteiger partial charge in [0.2, 0.25) is 11.8 Å². The average Bonchev–Trinajstić information content (AvgIpc) is 2.67. The van der Waals surface area contributed by atoms with E-state index in [0.717, 1.165) is 18.4 Å². The van der Waals surface area contributed by atoms with Crippen molar-refractivity contribution in [2.24, 2.45) is 16.2 Å². The molecule has 1 aliphatic carbocycles. The van der Waals surface area contributed by atoms with Crippen LogP contribution in [0.1, 0.15) is 64.5 Å². The Kier molecular flexibility index (Phi) is 4.49. The predicted molar refractivity (Wildman–Crippen MR) is 112 cm³/mol. The van der Waals surface area contributed by atoms with Gasteiger partial charge >= 0.3 is 5.97 Å². The molecule has 2 N–H and O–H groups in total. The molecule has 1 aromatic carbocycles. The lowest BCUT2D eigenvalue weighted by Gasteiger charge is -2.54. The van der Waals surface area contributed by atoms with E-state index < -0.39 is 10.8 Å². The molecule has 5 rings (SSSR count). The van der Waals surface area contributed by atoms with E-state index in [2.05, 4.69) is 17.6 Å². The summed E-state index contributed by atoms with van der Waals surface area (Å²) in [4.78, 5) is 37.6. The number of ether oxygens (including phenoxy) is 2. The second-order valence-electron chi connectivity index (χ2n) is 10.8. The number of amides is 2. The van der Waals surface area contributed by atoms with Gasteiger partial charge in [0, 0.05) is 18.4 Å². The van der Waals surface area contributed by atoms with Crippen molar-refractivity contribution in [3.05, 3.63) is 29.8 Å². The summed E-state index contributed by atoms with van der Waals surface area (Å²) in [6.45, 7) is 6.60. The van der Waals surface area contributed by atoms with E-state index in [9.17, 15) is 14.4 Å². The summed E-state index contributed by atoms with van der Waals surface area (Å²) in [6, 6.07) is 7.33. The van der Waals surface area contributed by atoms with Crippen LogP contribution in [0.5, 0.6) is 5.75 Å². The molecular weight excluding hydrogens is 396 g/mol. The van der Waals surface area contributed by atoms with Crippen molar-refractivity contribution >= 4 is 17.8 Å². The zero-order valence-electron chi connectivity index (χ0n) is 18.3. The van der Waals surface area contributed by atoms with Crippen LogP contribution in [0.2, 0.25) is 0 Å². The van der Waals surface area contributed by atoms with Gasteiger partial charge in [-0.1, -0.05) is 26.0 Å². The van der Waals surface area contributed by atoms with Gasteiger partial charge in [-0.25, -0.2) is 0 Å². The Hall–Kier alpha value is -2.41. The molecule has 166 valence electrons. The quantitative estimate of drug-likeness (QED) is 0.573. The summed E-state index contributed by atoms with van der Waals surface area (Å²) in [6.07, 6.45) is 3.01. The van der Waals surface area contributed by atoms with Crippen LogP contribution in [0.4, 0.5) is 0 Å². The number of carbonyl (C=O) groups is 3. The SMILES string of the molecule is C[C@]12CNC(=O)[C@](C)(C1)C[C@@](C)(C(=O)Oc1cccc([C@H]3O[C@H]4CCC(=O)N[C@H]43)c1)C2. The number of hydrogen-bond donors (Lipinski definition) is 2. The van der Waals surface area contributed by atoms with Crippen LogP contribution in [-0.4, -0.2) is 36.5 Å². The maximum atomic E-state index is 13.3. The molecule has 7 nitrogen and oxygen atoms in total. The number of hydrogen-bond acceptors (Lipinski definition) is 5. The van der Waals surface area contributed by atoms with Crippen LogP contribution in [0.25, 0.3) is 0 Å². The third-order valence-corrected chi connectivity index (χ3v) is 7.56. The number of carbonyl (C=O) groups excluding carboxylic acids is 3. The van der Waals surface area contributed by atoms with E-state index in [1.165, 1.54) is 0 Å². The van der Waals surface area contributed by atoms with Crippen molar-refractivity contribution in [3.8, 4) is 5.75 Å². The molecule has 0 aromatic heterocycles. The van der Waals surface area contributed by atoms with Crippen molar-refractivity contribution in [2.45, 2.75) is 71.1 Å². The Morgan fingerprint density at radius 1 is 1.16 bits per heavy atom. The first kappa shape index (κ1) is 20.5. The van der Waals surface area contributed by atoms with Crippen LogP contribution in [0.15, 0.2) is 24.3 Å². The summed E-state index contributed by atoms with van der Waals surface area (Å²) < 4.78 is 11.8. The maximum absolute atomic E-state index is 13.3. The molecule has 1 aromatic rings. The summed E-state index contributed by atoms with van der Waals surface area (Å²) in [5.41, 5.74) is -0.526. The smallest absolute Gasteiger partial charge is 0.317 e. The van der Waals surface area contributed by atoms with Crippen molar-refractivity contribution in [3.63, 3.8) is 0 Å². The van der Waals surface area contributed by atoms with E-state index in [-0.39, 0.29) is 41.4 Å². The molecule has 31 heavy (non-hydrogen) atoms. The van der Waals surface area contributed by atoms with Gasteiger partial charge in [0.25, 0.3) is 0 Å². The predicted octanol–water partition coefficient (Wildman–Crippen LogP) is 2.64. The fourth-order valence-corrected chi connectivity index (χ4v) is 6.55. The highest BCUT2D eigenvalue weighted by molar-refractivity contribution is 5.86. The van der Waals surface area contributed by atoms with Gasteiger partial charge < -0.3 is 20.1 Å². The van der Waals surface area contributed by atoms with Crippen molar-refractivity contribution in [1.29, 1.82) is 0 Å². The van der Waals surface area contributed by atoms with E-state index in [1.807, 2.05) is 32.0 Å². The third-order valence-electron chi connectivity index (χ3n) is 7.56. The third kappa shape index (κ3) is 3.43. The molecule has 2 bridgehead atoms. The minimum absolute atomic E-state index is 0.0249. The number of rotatable bonds is 3. The molecule has 2 amide bonds. The van der Waals surface area contributed by atoms with Gasteiger partial charge in [-0.05, 0) is 55.7 Å². The standard InChI is InChI=1S/C24H30N2O5/c1-22-10-23(2,20(28)25-13-22)12-24(3,11-22)21(29)30-15-6-4-5-14(9-15)19-18-16(31-19)7-8-17(27)26-18/h4-6,9,16,18-19H,7-8,10-13H2,1-3H3,(H,25,28)(H,26,27)/t16-,18+,19+,22-,23+,24-/m0/s1. The summed E-state index contributed by atoms with van der Waals surface area (Å²) in [5, 5.41) is 6.02. The molecule has 7 heteroatoms. The molecule has 4 fully saturated rings. The Bertz CT molecular complexity index is 963. The number of nitrogens with one attached hydrogen (secondary N) is 2. The van der Waals surface area contributed by atoms with Crippen molar-refractivity contribution in [2.75, 3.05) is 6.54 Å². The van der Waals surface area contributed by atoms with Crippen LogP contribution in [0, 0.1) is 16.2 Å². The second-order valence-corrected chi connectivity index (χ2v) is 10.8. The second kappa shape index (κ2) is 6.79. The Morgan fingerprint density at radius 2 is 1.97 bits per heavy atom. The zero-order valence-corrected chi connectivity index (χ0v) is 18.3. The maximum Gasteiger partial charge on any atom is 0.317 e. The van der Waals surface area contributed by atoms with Gasteiger partial charge in [-0.15, -0.1) is 0 Å². The minimum atomic E-state index is -0.731. The molecule has 0 radical (unpaired) electrons. The molecule has 0 spiro atoms. The highest BCUT2D eigenvalue weighted by Crippen LogP contribution is 2.56. The molecule has 6 atom stereocenters. The number of piperidine rings is 2. The highest BCUT2D eigenvalue weighted by atomic mass is 16.5. The lowest BCUT2D eigenvalue weighted by atomic mass is 9.52. The normalized spacial score (nSPS) is 41.3. The largest absolute Gasteiger partial charge is 0.426 e. The molecule has 1 saturated carbocycles. The van der Waals surface area contributed by atoms with Crippen molar-refractivity contribution < 1.29 is 23.9 Å². The average molecular weight is 427 g/mol. The fraction of sp³-hybridized carbons (Fsp3) is 0.625. The Morgan fingerprint density at radius 3 is 2.77 bits per heavy atom. The van der Waals surface area contributed by atoms with Gasteiger partial charge in [0.15, 0.2) is 0 Å². The first-order valence-corrected chi connectivity index (χ1v) is 11.1. The molecule has 3 saturated heterocycles. The lowest BCUT2D eigenvalue weighted by Crippen LogP contribution is -2.60. The molecule has 0 unspecified atom stereocenters. The van der Waals surface area contributed by atoms with E-state index in [1.54, 1.807) is 6.07 Å². The first-order valence-electron chi connectivity index (χ1n) is 11.1. The summed E-state index contributed by atoms with van der Waals surface area (Å²) >= 11 is 0. The summed E-state index contributed by atoms with van der Waals surface area (Å²) in [5.74, 6) is 0.249. The van der Waals surface area contributed by atoms with E-state index >= 15 is 0 Å². The van der Waals surface area contributed by atoms with E-state index in [4.69, 9.17) is 9.47 Å². The Labute approximate surface area is 182 Å². The van der Waals surface area contributed by atoms with Gasteiger partial charge in [-0.2, -0.15) is 0 Å². The molecule has 4 aliphatic rings. The fourth-order valence-electron chi connectivity index (χ4n) is 6.55. The van der Waals surface area contributed by atoms with Crippen LogP contribution >= 0.6 is 0 Å². The number of fused-ring (bicyclic) bond motifs is 3. The highest BCUT2D eigenvalue weighted by Gasteiger charge is 2.58. The van der Waals surface area contributed by atoms with Crippen molar-refractivity contribution in [1.82, 2.24) is 10.6 Å². The van der Waals surface area contributed by atoms with Crippen LogP contribution in [0.3, 0.4) is 0 Å². The molecular formula is C24H30N2O5. The van der Waals surface area contributed by atoms with Gasteiger partial charge in [0.05, 0.1) is 17.6 Å². The van der Waals surface area contributed by atoms with Crippen LogP contribution < -0.4 is 15.4 Å². The minimum Gasteiger partial charge on any atom is -0.426 e. The molecule has 3 aliphatic heterocycles. The number of benzene rings is 1.